The summed E-state index contributed by atoms with van der Waals surface area (Å²) in [5.74, 6) is -0.917. The molecule has 2 aromatic rings. The number of aromatic amines is 1. The lowest BCUT2D eigenvalue weighted by Crippen LogP contribution is -2.51. The second kappa shape index (κ2) is 10.0. The average Bonchev–Trinajstić information content (AvgIpc) is 3.60. The van der Waals surface area contributed by atoms with Gasteiger partial charge in [0.05, 0.1) is 19.2 Å². The van der Waals surface area contributed by atoms with Gasteiger partial charge in [-0.05, 0) is 62.1 Å². The van der Waals surface area contributed by atoms with E-state index in [2.05, 4.69) is 10.3 Å². The number of halogens is 1. The fourth-order valence-electron chi connectivity index (χ4n) is 6.17. The highest BCUT2D eigenvalue weighted by Gasteiger charge is 2.52. The van der Waals surface area contributed by atoms with Gasteiger partial charge in [-0.15, -0.1) is 0 Å². The van der Waals surface area contributed by atoms with Gasteiger partial charge in [0.2, 0.25) is 5.91 Å². The summed E-state index contributed by atoms with van der Waals surface area (Å²) in [7, 11) is 2.80. The van der Waals surface area contributed by atoms with Gasteiger partial charge >= 0.3 is 5.97 Å². The Balaban J connectivity index is 1.39. The van der Waals surface area contributed by atoms with Crippen LogP contribution in [0.5, 0.6) is 5.75 Å². The van der Waals surface area contributed by atoms with Gasteiger partial charge in [0.1, 0.15) is 29.3 Å². The first-order chi connectivity index (χ1) is 17.7. The first-order valence-electron chi connectivity index (χ1n) is 12.8. The standard InChI is InChI=1S/C27H32ClN3O6/c1-36-22-8-7-17-16(23(22)28)12-18(29-17)25(34)31-14-27(9-4-10-27)13-20(31)24(33)30-19(26(35)37-2)11-15-5-3-6-21(15)32/h7-8,12,15,19-20,29H,3-6,9-11,13-14H2,1-2H3,(H,30,33)/t15-,19-,20?/m0/s1. The van der Waals surface area contributed by atoms with E-state index in [0.717, 1.165) is 25.7 Å². The van der Waals surface area contributed by atoms with Gasteiger partial charge in [-0.25, -0.2) is 4.79 Å². The largest absolute Gasteiger partial charge is 0.495 e. The summed E-state index contributed by atoms with van der Waals surface area (Å²) in [5, 5.41) is 3.89. The SMILES string of the molecule is COC(=O)[C@H](C[C@@H]1CCCC1=O)NC(=O)C1CC2(CCC2)CN1C(=O)c1cc2c(Cl)c(OC)ccc2[nH]1. The van der Waals surface area contributed by atoms with E-state index in [1.165, 1.54) is 14.2 Å². The molecular formula is C27H32ClN3O6. The zero-order valence-corrected chi connectivity index (χ0v) is 21.9. The number of benzene rings is 1. The summed E-state index contributed by atoms with van der Waals surface area (Å²) in [6.07, 6.45) is 5.71. The van der Waals surface area contributed by atoms with E-state index >= 15 is 0 Å². The Morgan fingerprint density at radius 1 is 1.24 bits per heavy atom. The third kappa shape index (κ3) is 4.69. The zero-order valence-electron chi connectivity index (χ0n) is 21.1. The van der Waals surface area contributed by atoms with Gasteiger partial charge in [-0.2, -0.15) is 0 Å². The normalized spacial score (nSPS) is 23.2. The quantitative estimate of drug-likeness (QED) is 0.529. The number of esters is 1. The minimum Gasteiger partial charge on any atom is -0.495 e. The Morgan fingerprint density at radius 2 is 2.03 bits per heavy atom. The number of methoxy groups -OCH3 is 2. The van der Waals surface area contributed by atoms with E-state index in [4.69, 9.17) is 21.1 Å². The van der Waals surface area contributed by atoms with Gasteiger partial charge in [0, 0.05) is 29.8 Å². The van der Waals surface area contributed by atoms with Crippen molar-refractivity contribution in [2.45, 2.75) is 63.5 Å². The van der Waals surface area contributed by atoms with Crippen molar-refractivity contribution in [3.8, 4) is 5.75 Å². The predicted octanol–water partition coefficient (Wildman–Crippen LogP) is 3.63. The lowest BCUT2D eigenvalue weighted by atomic mass is 9.67. The average molecular weight is 530 g/mol. The molecule has 37 heavy (non-hydrogen) atoms. The number of Topliss-reactive ketones (excluding diaryl/α,β-unsaturated/α-hetero) is 1. The predicted molar refractivity (Wildman–Crippen MR) is 136 cm³/mol. The fraction of sp³-hybridized carbons (Fsp3) is 0.556. The molecule has 0 radical (unpaired) electrons. The molecule has 1 aromatic carbocycles. The van der Waals surface area contributed by atoms with Crippen molar-refractivity contribution in [2.75, 3.05) is 20.8 Å². The summed E-state index contributed by atoms with van der Waals surface area (Å²) < 4.78 is 10.2. The van der Waals surface area contributed by atoms with Crippen molar-refractivity contribution in [2.24, 2.45) is 11.3 Å². The van der Waals surface area contributed by atoms with Crippen LogP contribution < -0.4 is 10.1 Å². The van der Waals surface area contributed by atoms with Crippen LogP contribution in [0.1, 0.15) is 61.9 Å². The number of hydrogen-bond acceptors (Lipinski definition) is 6. The number of ketones is 1. The number of likely N-dealkylation sites (tertiary alicyclic amines) is 1. The number of amides is 2. The molecule has 0 bridgehead atoms. The summed E-state index contributed by atoms with van der Waals surface area (Å²) >= 11 is 6.45. The Hall–Kier alpha value is -3.07. The number of hydrogen-bond donors (Lipinski definition) is 2. The number of carbonyl (C=O) groups is 4. The highest BCUT2D eigenvalue weighted by molar-refractivity contribution is 6.37. The Labute approximate surface area is 220 Å². The van der Waals surface area contributed by atoms with Crippen LogP contribution in [0.4, 0.5) is 0 Å². The van der Waals surface area contributed by atoms with E-state index in [-0.39, 0.29) is 29.4 Å². The molecule has 10 heteroatoms. The molecule has 2 N–H and O–H groups in total. The van der Waals surface area contributed by atoms with Crippen LogP contribution >= 0.6 is 11.6 Å². The van der Waals surface area contributed by atoms with E-state index in [9.17, 15) is 19.2 Å². The number of carbonyl (C=O) groups excluding carboxylic acids is 4. The maximum atomic E-state index is 13.7. The van der Waals surface area contributed by atoms with Crippen molar-refractivity contribution in [3.63, 3.8) is 0 Å². The van der Waals surface area contributed by atoms with E-state index in [1.807, 2.05) is 0 Å². The minimum absolute atomic E-state index is 0.0905. The van der Waals surface area contributed by atoms with Gasteiger partial charge < -0.3 is 24.7 Å². The molecular weight excluding hydrogens is 498 g/mol. The van der Waals surface area contributed by atoms with Crippen LogP contribution in [0, 0.1) is 11.3 Å². The molecule has 1 spiro atoms. The summed E-state index contributed by atoms with van der Waals surface area (Å²) in [6.45, 7) is 0.473. The highest BCUT2D eigenvalue weighted by Crippen LogP contribution is 2.50. The molecule has 9 nitrogen and oxygen atoms in total. The Bertz CT molecular complexity index is 1250. The number of H-pyrrole nitrogens is 1. The van der Waals surface area contributed by atoms with Crippen molar-refractivity contribution < 1.29 is 28.7 Å². The van der Waals surface area contributed by atoms with Crippen molar-refractivity contribution in [1.29, 1.82) is 0 Å². The minimum atomic E-state index is -0.932. The van der Waals surface area contributed by atoms with Crippen molar-refractivity contribution in [1.82, 2.24) is 15.2 Å². The molecule has 2 saturated carbocycles. The molecule has 1 saturated heterocycles. The first-order valence-corrected chi connectivity index (χ1v) is 13.2. The summed E-state index contributed by atoms with van der Waals surface area (Å²) in [4.78, 5) is 56.7. The van der Waals surface area contributed by atoms with Crippen LogP contribution in [-0.4, -0.2) is 66.3 Å². The fourth-order valence-corrected chi connectivity index (χ4v) is 6.46. The topological polar surface area (TPSA) is 118 Å². The van der Waals surface area contributed by atoms with Gasteiger partial charge in [0.25, 0.3) is 5.91 Å². The number of nitrogens with one attached hydrogen (secondary N) is 2. The maximum absolute atomic E-state index is 13.7. The van der Waals surface area contributed by atoms with Crippen LogP contribution in [0.2, 0.25) is 5.02 Å². The van der Waals surface area contributed by atoms with Crippen LogP contribution in [0.3, 0.4) is 0 Å². The maximum Gasteiger partial charge on any atom is 0.328 e. The smallest absolute Gasteiger partial charge is 0.328 e. The van der Waals surface area contributed by atoms with Crippen molar-refractivity contribution >= 4 is 46.1 Å². The summed E-state index contributed by atoms with van der Waals surface area (Å²) in [5.41, 5.74) is 0.937. The lowest BCUT2D eigenvalue weighted by molar-refractivity contribution is -0.146. The molecule has 1 unspecified atom stereocenters. The van der Waals surface area contributed by atoms with Crippen LogP contribution in [0.25, 0.3) is 10.9 Å². The van der Waals surface area contributed by atoms with E-state index in [1.54, 1.807) is 23.1 Å². The number of fused-ring (bicyclic) bond motifs is 1. The lowest BCUT2D eigenvalue weighted by Gasteiger charge is -2.37. The number of nitrogens with zero attached hydrogens (tertiary/aromatic N) is 1. The molecule has 3 aliphatic rings. The second-order valence-electron chi connectivity index (χ2n) is 10.6. The molecule has 1 aliphatic heterocycles. The Kier molecular flexibility index (Phi) is 6.91. The third-order valence-electron chi connectivity index (χ3n) is 8.39. The molecule has 1 aromatic heterocycles. The molecule has 198 valence electrons. The van der Waals surface area contributed by atoms with Crippen LogP contribution in [0.15, 0.2) is 18.2 Å². The Morgan fingerprint density at radius 3 is 2.65 bits per heavy atom. The number of aromatic nitrogens is 1. The van der Waals surface area contributed by atoms with E-state index < -0.39 is 24.0 Å². The molecule has 3 fully saturated rings. The molecule has 2 aliphatic carbocycles. The number of rotatable bonds is 7. The van der Waals surface area contributed by atoms with Gasteiger partial charge in [-0.1, -0.05) is 18.0 Å². The molecule has 3 atom stereocenters. The van der Waals surface area contributed by atoms with Crippen LogP contribution in [-0.2, 0) is 19.1 Å². The second-order valence-corrected chi connectivity index (χ2v) is 11.0. The molecule has 2 amide bonds. The highest BCUT2D eigenvalue weighted by atomic mass is 35.5. The zero-order chi connectivity index (χ0) is 26.3. The van der Waals surface area contributed by atoms with Gasteiger partial charge in [0.15, 0.2) is 0 Å². The molecule has 2 heterocycles. The first kappa shape index (κ1) is 25.6. The monoisotopic (exact) mass is 529 g/mol. The summed E-state index contributed by atoms with van der Waals surface area (Å²) in [6, 6.07) is 3.55. The van der Waals surface area contributed by atoms with Crippen molar-refractivity contribution in [3.05, 3.63) is 28.9 Å². The van der Waals surface area contributed by atoms with E-state index in [0.29, 0.717) is 53.2 Å². The third-order valence-corrected chi connectivity index (χ3v) is 8.78. The van der Waals surface area contributed by atoms with Gasteiger partial charge in [-0.3, -0.25) is 14.4 Å². The number of ether oxygens (including phenoxy) is 2. The molecule has 5 rings (SSSR count).